The lowest BCUT2D eigenvalue weighted by Gasteiger charge is -2.10. The zero-order valence-corrected chi connectivity index (χ0v) is 14.5. The van der Waals surface area contributed by atoms with Gasteiger partial charge in [0.05, 0.1) is 17.0 Å². The molecule has 2 N–H and O–H groups in total. The fraction of sp³-hybridized carbons (Fsp3) is 0.267. The van der Waals surface area contributed by atoms with Gasteiger partial charge >= 0.3 is 6.18 Å². The van der Waals surface area contributed by atoms with Crippen molar-refractivity contribution in [1.29, 1.82) is 0 Å². The molecule has 1 aromatic heterocycles. The number of nitrogens with one attached hydrogen (secondary N) is 2. The molecule has 0 unspecified atom stereocenters. The monoisotopic (exact) mass is 392 g/mol. The van der Waals surface area contributed by atoms with Gasteiger partial charge in [-0.2, -0.15) is 13.2 Å². The minimum atomic E-state index is -4.65. The molecule has 1 aromatic carbocycles. The molecule has 0 saturated carbocycles. The van der Waals surface area contributed by atoms with E-state index in [-0.39, 0.29) is 0 Å². The third kappa shape index (κ3) is 5.83. The lowest BCUT2D eigenvalue weighted by Crippen LogP contribution is -2.37. The molecular weight excluding hydrogens is 377 g/mol. The molecule has 0 saturated heterocycles. The Bertz CT molecular complexity index is 819. The van der Waals surface area contributed by atoms with Crippen LogP contribution in [-0.4, -0.2) is 27.4 Å². The van der Waals surface area contributed by atoms with Crippen LogP contribution in [0.1, 0.15) is 10.4 Å². The van der Waals surface area contributed by atoms with Gasteiger partial charge in [-0.15, -0.1) is 11.3 Å². The van der Waals surface area contributed by atoms with Gasteiger partial charge in [0.2, 0.25) is 15.9 Å². The number of carbonyl (C=O) groups excluding carboxylic acids is 1. The highest BCUT2D eigenvalue weighted by Gasteiger charge is 2.31. The number of thiophene rings is 1. The zero-order chi connectivity index (χ0) is 18.5. The maximum absolute atomic E-state index is 12.6. The highest BCUT2D eigenvalue weighted by molar-refractivity contribution is 7.89. The van der Waals surface area contributed by atoms with Crippen molar-refractivity contribution < 1.29 is 26.4 Å². The van der Waals surface area contributed by atoms with E-state index >= 15 is 0 Å². The second-order valence-electron chi connectivity index (χ2n) is 5.03. The van der Waals surface area contributed by atoms with Crippen molar-refractivity contribution in [3.8, 4) is 0 Å². The van der Waals surface area contributed by atoms with Crippen molar-refractivity contribution in [1.82, 2.24) is 10.0 Å². The lowest BCUT2D eigenvalue weighted by molar-refractivity contribution is -0.137. The Hall–Kier alpha value is -1.91. The predicted octanol–water partition coefficient (Wildman–Crippen LogP) is 2.40. The number of rotatable bonds is 7. The fourth-order valence-electron chi connectivity index (χ4n) is 1.93. The van der Waals surface area contributed by atoms with Gasteiger partial charge in [-0.3, -0.25) is 4.79 Å². The summed E-state index contributed by atoms with van der Waals surface area (Å²) in [7, 11) is -4.22. The first-order valence-corrected chi connectivity index (χ1v) is 9.51. The molecule has 0 aliphatic carbocycles. The van der Waals surface area contributed by atoms with Crippen LogP contribution in [0.3, 0.4) is 0 Å². The summed E-state index contributed by atoms with van der Waals surface area (Å²) < 4.78 is 64.0. The lowest BCUT2D eigenvalue weighted by atomic mass is 10.2. The second kappa shape index (κ2) is 7.98. The van der Waals surface area contributed by atoms with Crippen LogP contribution in [0.4, 0.5) is 13.2 Å². The summed E-state index contributed by atoms with van der Waals surface area (Å²) in [6.07, 6.45) is -4.03. The summed E-state index contributed by atoms with van der Waals surface area (Å²) in [5, 5.41) is 4.44. The summed E-state index contributed by atoms with van der Waals surface area (Å²) in [5.74, 6) is -0.563. The number of halogens is 3. The Morgan fingerprint density at radius 2 is 1.92 bits per heavy atom. The van der Waals surface area contributed by atoms with Crippen molar-refractivity contribution in [3.05, 3.63) is 52.2 Å². The van der Waals surface area contributed by atoms with Crippen molar-refractivity contribution in [2.75, 3.05) is 13.1 Å². The van der Waals surface area contributed by atoms with E-state index in [1.807, 2.05) is 22.2 Å². The highest BCUT2D eigenvalue weighted by Crippen LogP contribution is 2.30. The smallest absolute Gasteiger partial charge is 0.355 e. The largest absolute Gasteiger partial charge is 0.416 e. The summed E-state index contributed by atoms with van der Waals surface area (Å²) in [6, 6.07) is 7.12. The standard InChI is InChI=1S/C15H15F3N2O3S2/c16-15(17,18)11-3-1-5-13(9-11)25(22,23)20-10-14(21)19-7-6-12-4-2-8-24-12/h1-5,8-9,20H,6-7,10H2,(H,19,21). The van der Waals surface area contributed by atoms with Crippen LogP contribution in [0.5, 0.6) is 0 Å². The van der Waals surface area contributed by atoms with E-state index < -0.39 is 39.1 Å². The Kier molecular flexibility index (Phi) is 6.20. The molecule has 2 rings (SSSR count). The van der Waals surface area contributed by atoms with E-state index in [9.17, 15) is 26.4 Å². The van der Waals surface area contributed by atoms with E-state index in [0.717, 1.165) is 23.1 Å². The summed E-state index contributed by atoms with van der Waals surface area (Å²) >= 11 is 1.54. The molecule has 25 heavy (non-hydrogen) atoms. The molecule has 136 valence electrons. The van der Waals surface area contributed by atoms with E-state index in [2.05, 4.69) is 5.32 Å². The highest BCUT2D eigenvalue weighted by atomic mass is 32.2. The van der Waals surface area contributed by atoms with Crippen LogP contribution < -0.4 is 10.0 Å². The van der Waals surface area contributed by atoms with Gasteiger partial charge < -0.3 is 5.32 Å². The first-order chi connectivity index (χ1) is 11.7. The van der Waals surface area contributed by atoms with Gasteiger partial charge in [0.1, 0.15) is 0 Å². The molecule has 0 aliphatic heterocycles. The van der Waals surface area contributed by atoms with Gasteiger partial charge in [0.15, 0.2) is 0 Å². The Morgan fingerprint density at radius 3 is 2.56 bits per heavy atom. The van der Waals surface area contributed by atoms with Gasteiger partial charge in [-0.05, 0) is 36.1 Å². The number of sulfonamides is 1. The number of benzene rings is 1. The number of amides is 1. The number of hydrogen-bond donors (Lipinski definition) is 2. The minimum Gasteiger partial charge on any atom is -0.355 e. The normalized spacial score (nSPS) is 12.1. The van der Waals surface area contributed by atoms with E-state index in [0.29, 0.717) is 19.0 Å². The van der Waals surface area contributed by atoms with Crippen LogP contribution in [0.2, 0.25) is 0 Å². The Morgan fingerprint density at radius 1 is 1.16 bits per heavy atom. The van der Waals surface area contributed by atoms with E-state index in [1.165, 1.54) is 11.3 Å². The molecule has 5 nitrogen and oxygen atoms in total. The van der Waals surface area contributed by atoms with Crippen LogP contribution in [0.15, 0.2) is 46.7 Å². The first-order valence-electron chi connectivity index (χ1n) is 7.14. The van der Waals surface area contributed by atoms with Crippen LogP contribution in [0.25, 0.3) is 0 Å². The molecular formula is C15H15F3N2O3S2. The molecule has 1 amide bonds. The number of hydrogen-bond acceptors (Lipinski definition) is 4. The summed E-state index contributed by atoms with van der Waals surface area (Å²) in [5.41, 5.74) is -1.07. The van der Waals surface area contributed by atoms with Crippen molar-refractivity contribution in [3.63, 3.8) is 0 Å². The maximum atomic E-state index is 12.6. The molecule has 1 heterocycles. The average Bonchev–Trinajstić information content (AvgIpc) is 3.06. The summed E-state index contributed by atoms with van der Waals surface area (Å²) in [6.45, 7) is -0.215. The van der Waals surface area contributed by atoms with E-state index in [4.69, 9.17) is 0 Å². The number of alkyl halides is 3. The van der Waals surface area contributed by atoms with Crippen molar-refractivity contribution in [2.24, 2.45) is 0 Å². The molecule has 0 bridgehead atoms. The van der Waals surface area contributed by atoms with E-state index in [1.54, 1.807) is 0 Å². The fourth-order valence-corrected chi connectivity index (χ4v) is 3.66. The molecule has 0 fully saturated rings. The molecule has 0 aliphatic rings. The molecule has 0 radical (unpaired) electrons. The maximum Gasteiger partial charge on any atom is 0.416 e. The van der Waals surface area contributed by atoms with Crippen LogP contribution >= 0.6 is 11.3 Å². The van der Waals surface area contributed by atoms with Gasteiger partial charge in [-0.25, -0.2) is 13.1 Å². The van der Waals surface area contributed by atoms with Gasteiger partial charge in [-0.1, -0.05) is 12.1 Å². The molecule has 0 spiro atoms. The van der Waals surface area contributed by atoms with Crippen LogP contribution in [-0.2, 0) is 27.4 Å². The predicted molar refractivity (Wildman–Crippen MR) is 87.7 cm³/mol. The molecule has 10 heteroatoms. The SMILES string of the molecule is O=C(CNS(=O)(=O)c1cccc(C(F)(F)F)c1)NCCc1cccs1. The van der Waals surface area contributed by atoms with Gasteiger partial charge in [0.25, 0.3) is 0 Å². The Balaban J connectivity index is 1.89. The number of carbonyl (C=O) groups is 1. The van der Waals surface area contributed by atoms with Crippen molar-refractivity contribution in [2.45, 2.75) is 17.5 Å². The third-order valence-electron chi connectivity index (χ3n) is 3.17. The third-order valence-corrected chi connectivity index (χ3v) is 5.50. The average molecular weight is 392 g/mol. The minimum absolute atomic E-state index is 0.338. The molecule has 2 aromatic rings. The molecule has 0 atom stereocenters. The van der Waals surface area contributed by atoms with Crippen molar-refractivity contribution >= 4 is 27.3 Å². The summed E-state index contributed by atoms with van der Waals surface area (Å²) in [4.78, 5) is 12.2. The second-order valence-corrected chi connectivity index (χ2v) is 7.83. The quantitative estimate of drug-likeness (QED) is 0.760. The first kappa shape index (κ1) is 19.4. The van der Waals surface area contributed by atoms with Gasteiger partial charge in [0, 0.05) is 11.4 Å². The Labute approximate surface area is 146 Å². The topological polar surface area (TPSA) is 75.3 Å². The zero-order valence-electron chi connectivity index (χ0n) is 12.8. The van der Waals surface area contributed by atoms with Crippen LogP contribution in [0, 0.1) is 0 Å².